The van der Waals surface area contributed by atoms with Gasteiger partial charge in [-0.25, -0.2) is 12.7 Å². The summed E-state index contributed by atoms with van der Waals surface area (Å²) >= 11 is 0. The average molecular weight is 304 g/mol. The molecule has 2 N–H and O–H groups in total. The number of nitrogens with zero attached hydrogens (tertiary/aromatic N) is 1. The number of rotatable bonds is 4. The number of nitrogens with one attached hydrogen (secondary N) is 1. The minimum atomic E-state index is -3.18. The maximum atomic E-state index is 11.9. The normalized spacial score (nSPS) is 26.6. The summed E-state index contributed by atoms with van der Waals surface area (Å²) in [5.41, 5.74) is -0.346. The first kappa shape index (κ1) is 15.2. The number of piperidine rings is 1. The average Bonchev–Trinajstić information content (AvgIpc) is 2.62. The maximum absolute atomic E-state index is 11.9. The van der Waals surface area contributed by atoms with E-state index in [9.17, 15) is 18.0 Å². The summed E-state index contributed by atoms with van der Waals surface area (Å²) in [7, 11) is -3.18. The Hall–Kier alpha value is -1.15. The summed E-state index contributed by atoms with van der Waals surface area (Å²) in [6, 6.07) is 0. The minimum absolute atomic E-state index is 0.0103. The van der Waals surface area contributed by atoms with Crippen molar-refractivity contribution in [1.82, 2.24) is 9.62 Å². The van der Waals surface area contributed by atoms with Crippen LogP contribution in [0.25, 0.3) is 0 Å². The third kappa shape index (κ3) is 3.29. The highest BCUT2D eigenvalue weighted by molar-refractivity contribution is 7.88. The molecule has 2 aliphatic heterocycles. The van der Waals surface area contributed by atoms with Gasteiger partial charge in [-0.05, 0) is 25.7 Å². The predicted octanol–water partition coefficient (Wildman–Crippen LogP) is -0.218. The summed E-state index contributed by atoms with van der Waals surface area (Å²) in [6.45, 7) is 0.815. The second kappa shape index (κ2) is 5.33. The molecule has 0 aromatic rings. The largest absolute Gasteiger partial charge is 0.481 e. The molecule has 7 nitrogen and oxygen atoms in total. The molecule has 1 spiro atoms. The molecule has 0 aromatic carbocycles. The molecule has 8 heteroatoms. The zero-order valence-corrected chi connectivity index (χ0v) is 12.3. The Labute approximate surface area is 118 Å². The molecule has 0 aromatic heterocycles. The van der Waals surface area contributed by atoms with E-state index >= 15 is 0 Å². The molecule has 0 bridgehead atoms. The van der Waals surface area contributed by atoms with Crippen LogP contribution >= 0.6 is 0 Å². The van der Waals surface area contributed by atoms with Crippen molar-refractivity contribution >= 4 is 21.9 Å². The number of carbonyl (C=O) groups is 2. The van der Waals surface area contributed by atoms with Gasteiger partial charge in [0, 0.05) is 31.0 Å². The van der Waals surface area contributed by atoms with Gasteiger partial charge >= 0.3 is 5.97 Å². The Balaban J connectivity index is 1.95. The number of carboxylic acids is 1. The summed E-state index contributed by atoms with van der Waals surface area (Å²) in [5.74, 6) is -1.26. The summed E-state index contributed by atoms with van der Waals surface area (Å²) in [4.78, 5) is 22.5. The molecule has 2 rings (SSSR count). The molecule has 0 aliphatic carbocycles. The fourth-order valence-corrected chi connectivity index (χ4v) is 3.93. The molecule has 2 saturated heterocycles. The van der Waals surface area contributed by atoms with E-state index in [1.54, 1.807) is 0 Å². The number of amides is 1. The van der Waals surface area contributed by atoms with Crippen LogP contribution < -0.4 is 5.32 Å². The van der Waals surface area contributed by atoms with Gasteiger partial charge in [-0.1, -0.05) is 0 Å². The second-order valence-corrected chi connectivity index (χ2v) is 7.75. The lowest BCUT2D eigenvalue weighted by Crippen LogP contribution is -2.51. The van der Waals surface area contributed by atoms with Crippen LogP contribution in [0.2, 0.25) is 0 Å². The van der Waals surface area contributed by atoms with Gasteiger partial charge in [0.15, 0.2) is 0 Å². The van der Waals surface area contributed by atoms with Crippen LogP contribution in [0.3, 0.4) is 0 Å². The van der Waals surface area contributed by atoms with Crippen LogP contribution in [0.1, 0.15) is 32.1 Å². The Kier molecular flexibility index (Phi) is 4.06. The van der Waals surface area contributed by atoms with E-state index in [4.69, 9.17) is 5.11 Å². The van der Waals surface area contributed by atoms with E-state index in [-0.39, 0.29) is 23.8 Å². The van der Waals surface area contributed by atoms with Crippen molar-refractivity contribution in [1.29, 1.82) is 0 Å². The van der Waals surface area contributed by atoms with Crippen molar-refractivity contribution in [3.63, 3.8) is 0 Å². The van der Waals surface area contributed by atoms with E-state index in [1.165, 1.54) is 10.6 Å². The summed E-state index contributed by atoms with van der Waals surface area (Å²) < 4.78 is 24.4. The first-order valence-electron chi connectivity index (χ1n) is 6.71. The number of sulfonamides is 1. The van der Waals surface area contributed by atoms with E-state index < -0.39 is 16.0 Å². The molecule has 0 radical (unpaired) electrons. The smallest absolute Gasteiger partial charge is 0.303 e. The summed E-state index contributed by atoms with van der Waals surface area (Å²) in [5, 5.41) is 11.6. The van der Waals surface area contributed by atoms with Crippen LogP contribution in [-0.2, 0) is 19.6 Å². The fourth-order valence-electron chi connectivity index (χ4n) is 3.08. The van der Waals surface area contributed by atoms with Gasteiger partial charge in [0.25, 0.3) is 0 Å². The number of hydrogen-bond acceptors (Lipinski definition) is 4. The lowest BCUT2D eigenvalue weighted by Gasteiger charge is -2.38. The van der Waals surface area contributed by atoms with Gasteiger partial charge in [0.2, 0.25) is 15.9 Å². The van der Waals surface area contributed by atoms with Crippen molar-refractivity contribution in [3.05, 3.63) is 0 Å². The van der Waals surface area contributed by atoms with E-state index in [0.717, 1.165) is 0 Å². The number of carboxylic acid groups (broad SMARTS) is 1. The maximum Gasteiger partial charge on any atom is 0.303 e. The topological polar surface area (TPSA) is 104 Å². The van der Waals surface area contributed by atoms with Gasteiger partial charge < -0.3 is 10.4 Å². The van der Waals surface area contributed by atoms with Gasteiger partial charge in [-0.2, -0.15) is 0 Å². The second-order valence-electron chi connectivity index (χ2n) is 5.77. The molecule has 1 unspecified atom stereocenters. The van der Waals surface area contributed by atoms with Crippen LogP contribution in [-0.4, -0.2) is 54.6 Å². The molecule has 2 heterocycles. The van der Waals surface area contributed by atoms with Gasteiger partial charge in [0.05, 0.1) is 6.26 Å². The highest BCUT2D eigenvalue weighted by atomic mass is 32.2. The van der Waals surface area contributed by atoms with Crippen LogP contribution in [0.5, 0.6) is 0 Å². The van der Waals surface area contributed by atoms with Crippen LogP contribution in [0.4, 0.5) is 0 Å². The van der Waals surface area contributed by atoms with Gasteiger partial charge in [-0.3, -0.25) is 9.59 Å². The molecular weight excluding hydrogens is 284 g/mol. The molecule has 2 fully saturated rings. The van der Waals surface area contributed by atoms with E-state index in [1.807, 2.05) is 0 Å². The van der Waals surface area contributed by atoms with Crippen molar-refractivity contribution in [3.8, 4) is 0 Å². The standard InChI is InChI=1S/C12H20N2O5S/c1-20(18,19)14-6-4-12(5-7-14)8-9(11(17)13-12)2-3-10(15)16/h9H,2-8H2,1H3,(H,13,17)(H,15,16). The molecule has 0 saturated carbocycles. The first-order valence-corrected chi connectivity index (χ1v) is 8.56. The van der Waals surface area contributed by atoms with Crippen LogP contribution in [0.15, 0.2) is 0 Å². The third-order valence-corrected chi connectivity index (χ3v) is 5.55. The molecule has 20 heavy (non-hydrogen) atoms. The number of aliphatic carboxylic acids is 1. The summed E-state index contributed by atoms with van der Waals surface area (Å²) in [6.07, 6.45) is 3.32. The Morgan fingerprint density at radius 2 is 2.05 bits per heavy atom. The fraction of sp³-hybridized carbons (Fsp3) is 0.833. The Morgan fingerprint density at radius 1 is 1.45 bits per heavy atom. The zero-order chi connectivity index (χ0) is 15.0. The Morgan fingerprint density at radius 3 is 2.55 bits per heavy atom. The minimum Gasteiger partial charge on any atom is -0.481 e. The van der Waals surface area contributed by atoms with Crippen molar-refractivity contribution in [2.45, 2.75) is 37.6 Å². The first-order chi connectivity index (χ1) is 9.22. The monoisotopic (exact) mass is 304 g/mol. The predicted molar refractivity (Wildman–Crippen MR) is 71.5 cm³/mol. The Bertz CT molecular complexity index is 508. The number of hydrogen-bond donors (Lipinski definition) is 2. The van der Waals surface area contributed by atoms with E-state index in [0.29, 0.717) is 38.8 Å². The lowest BCUT2D eigenvalue weighted by atomic mass is 9.83. The molecule has 1 atom stereocenters. The van der Waals surface area contributed by atoms with Gasteiger partial charge in [0.1, 0.15) is 0 Å². The molecule has 2 aliphatic rings. The van der Waals surface area contributed by atoms with E-state index in [2.05, 4.69) is 5.32 Å². The van der Waals surface area contributed by atoms with Crippen LogP contribution in [0, 0.1) is 5.92 Å². The SMILES string of the molecule is CS(=O)(=O)N1CCC2(CC1)CC(CCC(=O)O)C(=O)N2. The van der Waals surface area contributed by atoms with Crippen molar-refractivity contribution in [2.24, 2.45) is 5.92 Å². The molecule has 114 valence electrons. The number of carbonyl (C=O) groups excluding carboxylic acids is 1. The zero-order valence-electron chi connectivity index (χ0n) is 11.5. The van der Waals surface area contributed by atoms with Crippen molar-refractivity contribution < 1.29 is 23.1 Å². The van der Waals surface area contributed by atoms with Crippen molar-refractivity contribution in [2.75, 3.05) is 19.3 Å². The lowest BCUT2D eigenvalue weighted by molar-refractivity contribution is -0.137. The highest BCUT2D eigenvalue weighted by Gasteiger charge is 2.46. The molecule has 1 amide bonds. The highest BCUT2D eigenvalue weighted by Crippen LogP contribution is 2.36. The van der Waals surface area contributed by atoms with Gasteiger partial charge in [-0.15, -0.1) is 0 Å². The molecular formula is C12H20N2O5S. The third-order valence-electron chi connectivity index (χ3n) is 4.25. The quantitative estimate of drug-likeness (QED) is 0.747.